The van der Waals surface area contributed by atoms with Crippen LogP contribution < -0.4 is 10.1 Å². The second-order valence-electron chi connectivity index (χ2n) is 5.62. The van der Waals surface area contributed by atoms with Gasteiger partial charge in [-0.3, -0.25) is 4.79 Å². The molecular formula is C20H23NO4. The summed E-state index contributed by atoms with van der Waals surface area (Å²) in [6.07, 6.45) is -0.0916. The molecule has 0 aromatic heterocycles. The third-order valence-corrected chi connectivity index (χ3v) is 3.60. The average Bonchev–Trinajstić information content (AvgIpc) is 2.61. The number of rotatable bonds is 7. The number of benzene rings is 2. The van der Waals surface area contributed by atoms with Crippen LogP contribution >= 0.6 is 0 Å². The smallest absolute Gasteiger partial charge is 0.338 e. The molecule has 1 atom stereocenters. The fraction of sp³-hybridized carbons (Fsp3) is 0.300. The first-order chi connectivity index (χ1) is 12.0. The Morgan fingerprint density at radius 1 is 1.08 bits per heavy atom. The molecule has 0 spiro atoms. The summed E-state index contributed by atoms with van der Waals surface area (Å²) in [4.78, 5) is 24.3. The van der Waals surface area contributed by atoms with Crippen LogP contribution in [0.25, 0.3) is 0 Å². The number of nitrogens with one attached hydrogen (secondary N) is 1. The lowest BCUT2D eigenvalue weighted by atomic mass is 10.2. The lowest BCUT2D eigenvalue weighted by Gasteiger charge is -2.17. The molecule has 0 aliphatic carbocycles. The van der Waals surface area contributed by atoms with Gasteiger partial charge in [-0.25, -0.2) is 4.79 Å². The Hall–Kier alpha value is -2.82. The van der Waals surface area contributed by atoms with Crippen LogP contribution in [0.4, 0.5) is 5.69 Å². The average molecular weight is 341 g/mol. The lowest BCUT2D eigenvalue weighted by molar-refractivity contribution is -0.122. The van der Waals surface area contributed by atoms with Crippen LogP contribution in [0.5, 0.6) is 5.75 Å². The first-order valence-electron chi connectivity index (χ1n) is 8.34. The van der Waals surface area contributed by atoms with Crippen LogP contribution in [0.3, 0.4) is 0 Å². The number of amides is 1. The highest BCUT2D eigenvalue weighted by Crippen LogP contribution is 2.17. The minimum absolute atomic E-state index is 0.260. The minimum Gasteiger partial charge on any atom is -0.481 e. The summed E-state index contributed by atoms with van der Waals surface area (Å²) in [5.74, 6) is -0.0292. The molecule has 2 aromatic carbocycles. The number of hydrogen-bond donors (Lipinski definition) is 1. The molecule has 1 N–H and O–H groups in total. The number of aryl methyl sites for hydroxylation is 1. The molecule has 0 fully saturated rings. The van der Waals surface area contributed by atoms with E-state index in [4.69, 9.17) is 9.47 Å². The van der Waals surface area contributed by atoms with E-state index >= 15 is 0 Å². The van der Waals surface area contributed by atoms with Gasteiger partial charge in [-0.2, -0.15) is 0 Å². The van der Waals surface area contributed by atoms with Crippen LogP contribution in [0.1, 0.15) is 36.2 Å². The van der Waals surface area contributed by atoms with Gasteiger partial charge >= 0.3 is 5.97 Å². The molecule has 0 radical (unpaired) electrons. The molecule has 0 aliphatic rings. The quantitative estimate of drug-likeness (QED) is 0.774. The van der Waals surface area contributed by atoms with E-state index in [0.717, 1.165) is 5.56 Å². The molecule has 1 amide bonds. The zero-order valence-corrected chi connectivity index (χ0v) is 14.7. The molecule has 5 nitrogen and oxygen atoms in total. The van der Waals surface area contributed by atoms with E-state index < -0.39 is 12.1 Å². The van der Waals surface area contributed by atoms with Crippen molar-refractivity contribution in [3.63, 3.8) is 0 Å². The molecular weight excluding hydrogens is 318 g/mol. The second-order valence-corrected chi connectivity index (χ2v) is 5.62. The van der Waals surface area contributed by atoms with Crippen molar-refractivity contribution in [2.45, 2.75) is 33.3 Å². The minimum atomic E-state index is -0.617. The number of ether oxygens (including phenoxy) is 2. The lowest BCUT2D eigenvalue weighted by Crippen LogP contribution is -2.32. The van der Waals surface area contributed by atoms with Crippen LogP contribution in [0.15, 0.2) is 48.5 Å². The molecule has 0 bridgehead atoms. The van der Waals surface area contributed by atoms with Crippen molar-refractivity contribution < 1.29 is 19.1 Å². The molecule has 25 heavy (non-hydrogen) atoms. The Balaban J connectivity index is 2.05. The van der Waals surface area contributed by atoms with Crippen LogP contribution in [-0.4, -0.2) is 24.6 Å². The summed E-state index contributed by atoms with van der Waals surface area (Å²) >= 11 is 0. The summed E-state index contributed by atoms with van der Waals surface area (Å²) in [6.45, 7) is 5.92. The molecule has 0 unspecified atom stereocenters. The van der Waals surface area contributed by atoms with E-state index in [1.807, 2.05) is 38.1 Å². The van der Waals surface area contributed by atoms with Crippen molar-refractivity contribution in [2.75, 3.05) is 11.9 Å². The molecule has 0 saturated heterocycles. The van der Waals surface area contributed by atoms with Gasteiger partial charge in [0.2, 0.25) is 0 Å². The van der Waals surface area contributed by atoms with Crippen molar-refractivity contribution in [3.8, 4) is 5.75 Å². The Labute approximate surface area is 148 Å². The standard InChI is InChI=1S/C20H23NO4/c1-4-18(25-17-11-9-14(3)10-12-17)19(22)21-16-8-6-7-15(13-16)20(23)24-5-2/h6-13,18H,4-5H2,1-3H3,(H,21,22)/t18-/m0/s1. The SMILES string of the molecule is CCOC(=O)c1cccc(NC(=O)[C@H](CC)Oc2ccc(C)cc2)c1. The number of hydrogen-bond acceptors (Lipinski definition) is 4. The molecule has 0 heterocycles. The number of anilines is 1. The monoisotopic (exact) mass is 341 g/mol. The van der Waals surface area contributed by atoms with E-state index in [-0.39, 0.29) is 5.91 Å². The largest absolute Gasteiger partial charge is 0.481 e. The van der Waals surface area contributed by atoms with Crippen molar-refractivity contribution in [2.24, 2.45) is 0 Å². The Morgan fingerprint density at radius 2 is 1.80 bits per heavy atom. The molecule has 132 valence electrons. The van der Waals surface area contributed by atoms with Crippen molar-refractivity contribution >= 4 is 17.6 Å². The summed E-state index contributed by atoms with van der Waals surface area (Å²) in [7, 11) is 0. The zero-order chi connectivity index (χ0) is 18.2. The summed E-state index contributed by atoms with van der Waals surface area (Å²) < 4.78 is 10.7. The van der Waals surface area contributed by atoms with Crippen molar-refractivity contribution in [1.82, 2.24) is 0 Å². The summed E-state index contributed by atoms with van der Waals surface area (Å²) in [6, 6.07) is 14.2. The molecule has 2 aromatic rings. The maximum Gasteiger partial charge on any atom is 0.338 e. The Morgan fingerprint density at radius 3 is 2.44 bits per heavy atom. The predicted octanol–water partition coefficient (Wildman–Crippen LogP) is 3.97. The van der Waals surface area contributed by atoms with E-state index in [1.54, 1.807) is 31.2 Å². The van der Waals surface area contributed by atoms with E-state index in [2.05, 4.69) is 5.32 Å². The van der Waals surface area contributed by atoms with Gasteiger partial charge in [0, 0.05) is 5.69 Å². The van der Waals surface area contributed by atoms with E-state index in [0.29, 0.717) is 30.0 Å². The highest BCUT2D eigenvalue weighted by Gasteiger charge is 2.19. The van der Waals surface area contributed by atoms with Gasteiger partial charge < -0.3 is 14.8 Å². The normalized spacial score (nSPS) is 11.5. The van der Waals surface area contributed by atoms with Crippen molar-refractivity contribution in [3.05, 3.63) is 59.7 Å². The van der Waals surface area contributed by atoms with Crippen LogP contribution in [0.2, 0.25) is 0 Å². The summed E-state index contributed by atoms with van der Waals surface area (Å²) in [5.41, 5.74) is 2.05. The number of carbonyl (C=O) groups is 2. The first kappa shape index (κ1) is 18.5. The van der Waals surface area contributed by atoms with Gasteiger partial charge in [0.15, 0.2) is 6.10 Å². The van der Waals surface area contributed by atoms with Gasteiger partial charge in [-0.05, 0) is 50.6 Å². The summed E-state index contributed by atoms with van der Waals surface area (Å²) in [5, 5.41) is 2.79. The molecule has 0 aliphatic heterocycles. The second kappa shape index (κ2) is 8.87. The zero-order valence-electron chi connectivity index (χ0n) is 14.7. The van der Waals surface area contributed by atoms with Gasteiger partial charge in [0.05, 0.1) is 12.2 Å². The maximum atomic E-state index is 12.5. The first-order valence-corrected chi connectivity index (χ1v) is 8.34. The highest BCUT2D eigenvalue weighted by atomic mass is 16.5. The van der Waals surface area contributed by atoms with Gasteiger partial charge in [0.25, 0.3) is 5.91 Å². The topological polar surface area (TPSA) is 64.6 Å². The highest BCUT2D eigenvalue weighted by molar-refractivity contribution is 5.96. The van der Waals surface area contributed by atoms with Crippen LogP contribution in [-0.2, 0) is 9.53 Å². The fourth-order valence-corrected chi connectivity index (χ4v) is 2.26. The van der Waals surface area contributed by atoms with Crippen molar-refractivity contribution in [1.29, 1.82) is 0 Å². The van der Waals surface area contributed by atoms with E-state index in [9.17, 15) is 9.59 Å². The van der Waals surface area contributed by atoms with Crippen LogP contribution in [0, 0.1) is 6.92 Å². The number of carbonyl (C=O) groups excluding carboxylic acids is 2. The third kappa shape index (κ3) is 5.35. The number of esters is 1. The third-order valence-electron chi connectivity index (χ3n) is 3.60. The van der Waals surface area contributed by atoms with Gasteiger partial charge in [-0.1, -0.05) is 30.7 Å². The fourth-order valence-electron chi connectivity index (χ4n) is 2.26. The maximum absolute atomic E-state index is 12.5. The van der Waals surface area contributed by atoms with E-state index in [1.165, 1.54) is 0 Å². The molecule has 5 heteroatoms. The Kier molecular flexibility index (Phi) is 6.57. The van der Waals surface area contributed by atoms with Gasteiger partial charge in [-0.15, -0.1) is 0 Å². The van der Waals surface area contributed by atoms with Gasteiger partial charge in [0.1, 0.15) is 5.75 Å². The molecule has 2 rings (SSSR count). The predicted molar refractivity (Wildman–Crippen MR) is 96.9 cm³/mol. The molecule has 0 saturated carbocycles. The Bertz CT molecular complexity index is 725.